The summed E-state index contributed by atoms with van der Waals surface area (Å²) in [7, 11) is 0. The van der Waals surface area contributed by atoms with Crippen molar-refractivity contribution >= 4 is 5.91 Å². The summed E-state index contributed by atoms with van der Waals surface area (Å²) in [6, 6.07) is -0.482. The highest BCUT2D eigenvalue weighted by molar-refractivity contribution is 5.82. The van der Waals surface area contributed by atoms with Crippen LogP contribution in [0, 0.1) is 5.41 Å². The van der Waals surface area contributed by atoms with E-state index in [1.807, 2.05) is 20.8 Å². The maximum Gasteiger partial charge on any atom is 0.237 e. The molecule has 0 unspecified atom stereocenters. The minimum Gasteiger partial charge on any atom is -0.354 e. The largest absolute Gasteiger partial charge is 0.354 e. The highest BCUT2D eigenvalue weighted by Gasteiger charge is 2.26. The Morgan fingerprint density at radius 3 is 2.81 bits per heavy atom. The van der Waals surface area contributed by atoms with Crippen LogP contribution in [0.1, 0.15) is 26.6 Å². The summed E-state index contributed by atoms with van der Waals surface area (Å²) in [6.45, 7) is 6.40. The number of rotatable bonds is 4. The summed E-state index contributed by atoms with van der Waals surface area (Å²) < 4.78 is 0. The number of hydrogen-bond donors (Lipinski definition) is 3. The van der Waals surface area contributed by atoms with Crippen molar-refractivity contribution in [1.82, 2.24) is 15.3 Å². The van der Waals surface area contributed by atoms with Gasteiger partial charge in [-0.3, -0.25) is 4.79 Å². The number of amides is 1. The fourth-order valence-electron chi connectivity index (χ4n) is 1.24. The van der Waals surface area contributed by atoms with Gasteiger partial charge < -0.3 is 16.0 Å². The molecule has 1 aromatic heterocycles. The van der Waals surface area contributed by atoms with E-state index in [9.17, 15) is 4.79 Å². The fraction of sp³-hybridized carbons (Fsp3) is 0.636. The van der Waals surface area contributed by atoms with Gasteiger partial charge in [0.25, 0.3) is 0 Å². The van der Waals surface area contributed by atoms with Crippen molar-refractivity contribution in [1.29, 1.82) is 0 Å². The minimum atomic E-state index is -0.482. The zero-order valence-electron chi connectivity index (χ0n) is 10.1. The number of nitrogens with one attached hydrogen (secondary N) is 2. The first kappa shape index (κ1) is 12.7. The molecule has 1 heterocycles. The Morgan fingerprint density at radius 2 is 2.31 bits per heavy atom. The molecule has 0 spiro atoms. The minimum absolute atomic E-state index is 0.112. The summed E-state index contributed by atoms with van der Waals surface area (Å²) in [4.78, 5) is 18.7. The molecule has 5 nitrogen and oxygen atoms in total. The zero-order chi connectivity index (χ0) is 12.2. The third kappa shape index (κ3) is 3.66. The summed E-state index contributed by atoms with van der Waals surface area (Å²) in [6.07, 6.45) is 4.14. The van der Waals surface area contributed by atoms with Crippen LogP contribution in [0.4, 0.5) is 0 Å². The van der Waals surface area contributed by atoms with Gasteiger partial charge in [0.05, 0.1) is 6.04 Å². The number of aromatic amines is 1. The predicted molar refractivity (Wildman–Crippen MR) is 62.7 cm³/mol. The van der Waals surface area contributed by atoms with Gasteiger partial charge in [-0.15, -0.1) is 0 Å². The third-order valence-corrected chi connectivity index (χ3v) is 2.43. The topological polar surface area (TPSA) is 83.8 Å². The lowest BCUT2D eigenvalue weighted by Gasteiger charge is -2.25. The number of nitrogens with two attached hydrogens (primary N) is 1. The van der Waals surface area contributed by atoms with E-state index < -0.39 is 6.04 Å². The molecule has 1 atom stereocenters. The van der Waals surface area contributed by atoms with Crippen LogP contribution in [0.2, 0.25) is 0 Å². The van der Waals surface area contributed by atoms with Gasteiger partial charge in [0.1, 0.15) is 5.82 Å². The van der Waals surface area contributed by atoms with Gasteiger partial charge >= 0.3 is 0 Å². The highest BCUT2D eigenvalue weighted by atomic mass is 16.2. The van der Waals surface area contributed by atoms with Crippen LogP contribution in [0.25, 0.3) is 0 Å². The molecule has 0 aliphatic carbocycles. The summed E-state index contributed by atoms with van der Waals surface area (Å²) in [5.74, 6) is 0.753. The van der Waals surface area contributed by atoms with E-state index >= 15 is 0 Å². The molecule has 0 radical (unpaired) electrons. The maximum atomic E-state index is 11.7. The van der Waals surface area contributed by atoms with Crippen molar-refractivity contribution in [2.75, 3.05) is 6.54 Å². The summed E-state index contributed by atoms with van der Waals surface area (Å²) in [5.41, 5.74) is 5.60. The van der Waals surface area contributed by atoms with Gasteiger partial charge in [0, 0.05) is 25.4 Å². The normalized spacial score (nSPS) is 13.5. The second kappa shape index (κ2) is 5.12. The molecule has 1 aromatic rings. The van der Waals surface area contributed by atoms with E-state index in [4.69, 9.17) is 5.73 Å². The van der Waals surface area contributed by atoms with Gasteiger partial charge in [0.2, 0.25) is 5.91 Å². The van der Waals surface area contributed by atoms with Gasteiger partial charge in [0.15, 0.2) is 0 Å². The Balaban J connectivity index is 2.30. The molecule has 0 fully saturated rings. The summed E-state index contributed by atoms with van der Waals surface area (Å²) >= 11 is 0. The first-order valence-electron chi connectivity index (χ1n) is 5.43. The van der Waals surface area contributed by atoms with Crippen molar-refractivity contribution in [3.05, 3.63) is 18.2 Å². The lowest BCUT2D eigenvalue weighted by Crippen LogP contribution is -2.49. The Labute approximate surface area is 95.8 Å². The number of hydrogen-bond acceptors (Lipinski definition) is 3. The maximum absolute atomic E-state index is 11.7. The molecule has 5 heteroatoms. The van der Waals surface area contributed by atoms with Crippen molar-refractivity contribution < 1.29 is 4.79 Å². The molecule has 16 heavy (non-hydrogen) atoms. The summed E-state index contributed by atoms with van der Waals surface area (Å²) in [5, 5.41) is 2.80. The van der Waals surface area contributed by atoms with Gasteiger partial charge in [-0.1, -0.05) is 20.8 Å². The van der Waals surface area contributed by atoms with Crippen LogP contribution >= 0.6 is 0 Å². The zero-order valence-corrected chi connectivity index (χ0v) is 10.1. The lowest BCUT2D eigenvalue weighted by molar-refractivity contribution is -0.124. The third-order valence-electron chi connectivity index (χ3n) is 2.43. The van der Waals surface area contributed by atoms with Gasteiger partial charge in [-0.25, -0.2) is 4.98 Å². The first-order valence-corrected chi connectivity index (χ1v) is 5.43. The molecular weight excluding hydrogens is 204 g/mol. The monoisotopic (exact) mass is 224 g/mol. The van der Waals surface area contributed by atoms with E-state index in [0.717, 1.165) is 5.82 Å². The molecule has 1 amide bonds. The molecule has 0 aromatic carbocycles. The molecule has 1 rings (SSSR count). The predicted octanol–water partition coefficient (Wildman–Crippen LogP) is 0.442. The van der Waals surface area contributed by atoms with E-state index in [1.54, 1.807) is 12.4 Å². The van der Waals surface area contributed by atoms with Crippen LogP contribution < -0.4 is 11.1 Å². The molecule has 0 saturated heterocycles. The van der Waals surface area contributed by atoms with Crippen LogP contribution in [0.5, 0.6) is 0 Å². The van der Waals surface area contributed by atoms with Crippen LogP contribution in [-0.4, -0.2) is 28.5 Å². The molecular formula is C11H20N4O. The molecule has 0 bridgehead atoms. The second-order valence-electron chi connectivity index (χ2n) is 4.92. The van der Waals surface area contributed by atoms with E-state index in [0.29, 0.717) is 13.0 Å². The van der Waals surface area contributed by atoms with Crippen LogP contribution in [0.3, 0.4) is 0 Å². The van der Waals surface area contributed by atoms with Crippen molar-refractivity contribution in [2.24, 2.45) is 11.1 Å². The Kier molecular flexibility index (Phi) is 4.06. The molecule has 0 aliphatic rings. The Morgan fingerprint density at radius 1 is 1.62 bits per heavy atom. The number of carbonyl (C=O) groups is 1. The smallest absolute Gasteiger partial charge is 0.237 e. The van der Waals surface area contributed by atoms with E-state index in [2.05, 4.69) is 15.3 Å². The number of carbonyl (C=O) groups excluding carboxylic acids is 1. The number of nitrogens with zero attached hydrogens (tertiary/aromatic N) is 1. The standard InChI is InChI=1S/C11H20N4O/c1-11(2,3)9(12)10(16)15-5-4-8-13-6-7-14-8/h6-7,9H,4-5,12H2,1-3H3,(H,13,14)(H,15,16)/t9-/m1/s1. The fourth-order valence-corrected chi connectivity index (χ4v) is 1.24. The van der Waals surface area contributed by atoms with Crippen LogP contribution in [0.15, 0.2) is 12.4 Å². The molecule has 90 valence electrons. The van der Waals surface area contributed by atoms with Crippen molar-refractivity contribution in [2.45, 2.75) is 33.2 Å². The van der Waals surface area contributed by atoms with Crippen LogP contribution in [-0.2, 0) is 11.2 Å². The number of aromatic nitrogens is 2. The van der Waals surface area contributed by atoms with E-state index in [1.165, 1.54) is 0 Å². The first-order chi connectivity index (χ1) is 7.41. The lowest BCUT2D eigenvalue weighted by atomic mass is 9.87. The Bertz CT molecular complexity index is 326. The molecule has 4 N–H and O–H groups in total. The highest BCUT2D eigenvalue weighted by Crippen LogP contribution is 2.16. The van der Waals surface area contributed by atoms with Gasteiger partial charge in [-0.05, 0) is 5.41 Å². The van der Waals surface area contributed by atoms with E-state index in [-0.39, 0.29) is 11.3 Å². The SMILES string of the molecule is CC(C)(C)[C@H](N)C(=O)NCCc1ncc[nH]1. The second-order valence-corrected chi connectivity index (χ2v) is 4.92. The average molecular weight is 224 g/mol. The number of imidazole rings is 1. The average Bonchev–Trinajstić information content (AvgIpc) is 2.67. The molecule has 0 aliphatic heterocycles. The number of H-pyrrole nitrogens is 1. The molecule has 0 saturated carbocycles. The quantitative estimate of drug-likeness (QED) is 0.694. The van der Waals surface area contributed by atoms with Crippen molar-refractivity contribution in [3.63, 3.8) is 0 Å². The van der Waals surface area contributed by atoms with Gasteiger partial charge in [-0.2, -0.15) is 0 Å². The Hall–Kier alpha value is -1.36. The van der Waals surface area contributed by atoms with Crippen molar-refractivity contribution in [3.8, 4) is 0 Å².